The van der Waals surface area contributed by atoms with E-state index in [0.717, 1.165) is 11.3 Å². The number of aliphatic carboxylic acids is 2. The Bertz CT molecular complexity index is 811. The molecule has 3 atom stereocenters. The minimum Gasteiger partial charge on any atom is -0.542 e. The van der Waals surface area contributed by atoms with Gasteiger partial charge in [-0.25, -0.2) is 0 Å². The van der Waals surface area contributed by atoms with E-state index in [1.165, 1.54) is 30.8 Å². The molecule has 0 radical (unpaired) electrons. The summed E-state index contributed by atoms with van der Waals surface area (Å²) in [7, 11) is 0. The van der Waals surface area contributed by atoms with Crippen molar-refractivity contribution in [3.63, 3.8) is 0 Å². The summed E-state index contributed by atoms with van der Waals surface area (Å²) >= 11 is 1.50. The predicted octanol–water partition coefficient (Wildman–Crippen LogP) is 0.145. The molecule has 6 N–H and O–H groups in total. The third-order valence-electron chi connectivity index (χ3n) is 5.82. The van der Waals surface area contributed by atoms with Crippen molar-refractivity contribution in [3.8, 4) is 0 Å². The van der Waals surface area contributed by atoms with Crippen molar-refractivity contribution in [2.45, 2.75) is 44.9 Å². The van der Waals surface area contributed by atoms with Crippen LogP contribution in [0.3, 0.4) is 0 Å². The molecule has 1 saturated carbocycles. The third-order valence-corrected chi connectivity index (χ3v) is 6.75. The number of hydrogen-bond donors (Lipinski definition) is 3. The second-order valence-corrected chi connectivity index (χ2v) is 9.10. The van der Waals surface area contributed by atoms with E-state index >= 15 is 0 Å². The summed E-state index contributed by atoms with van der Waals surface area (Å²) in [5.41, 5.74) is 8.02. The second-order valence-electron chi connectivity index (χ2n) is 7.87. The van der Waals surface area contributed by atoms with Gasteiger partial charge in [0.15, 0.2) is 11.3 Å². The van der Waals surface area contributed by atoms with Gasteiger partial charge in [-0.3, -0.25) is 25.4 Å². The zero-order chi connectivity index (χ0) is 23.3. The quantitative estimate of drug-likeness (QED) is 0.228. The molecular weight excluding hydrogens is 414 g/mol. The number of nitrogens with two attached hydrogens (primary N) is 1. The van der Waals surface area contributed by atoms with E-state index in [2.05, 4.69) is 5.73 Å². The first-order chi connectivity index (χ1) is 13.7. The van der Waals surface area contributed by atoms with Crippen LogP contribution in [0.15, 0.2) is 24.3 Å². The van der Waals surface area contributed by atoms with Crippen LogP contribution in [-0.2, 0) is 20.1 Å². The number of Topliss-reactive ketones (excluding diaryl/α,β-unsaturated/α-hetero) is 1. The van der Waals surface area contributed by atoms with Gasteiger partial charge in [-0.1, -0.05) is 44.7 Å². The van der Waals surface area contributed by atoms with Crippen molar-refractivity contribution in [3.05, 3.63) is 39.9 Å². The minimum absolute atomic E-state index is 0.109. The molecule has 1 aromatic rings. The molecule has 0 spiro atoms. The van der Waals surface area contributed by atoms with E-state index < -0.39 is 39.4 Å². The van der Waals surface area contributed by atoms with Crippen LogP contribution in [-0.4, -0.2) is 33.2 Å². The van der Waals surface area contributed by atoms with Gasteiger partial charge >= 0.3 is 5.97 Å². The minimum atomic E-state index is -1.73. The third kappa shape index (κ3) is 5.77. The van der Waals surface area contributed by atoms with Crippen LogP contribution in [0.5, 0.6) is 0 Å². The van der Waals surface area contributed by atoms with Crippen LogP contribution in [0.1, 0.15) is 39.2 Å². The molecule has 30 heavy (non-hydrogen) atoms. The van der Waals surface area contributed by atoms with Gasteiger partial charge in [0.05, 0.1) is 10.8 Å². The number of nitro groups is 1. The summed E-state index contributed by atoms with van der Waals surface area (Å²) in [6, 6.07) is 6.44. The Hall–Kier alpha value is -2.50. The lowest BCUT2D eigenvalue weighted by molar-refractivity contribution is -0.384. The number of carbonyl (C=O) groups excluding carboxylic acids is 2. The van der Waals surface area contributed by atoms with Gasteiger partial charge in [0.1, 0.15) is 5.97 Å². The van der Waals surface area contributed by atoms with Crippen molar-refractivity contribution < 1.29 is 35.3 Å². The molecule has 0 heterocycles. The average Bonchev–Trinajstić information content (AvgIpc) is 2.90. The molecule has 10 nitrogen and oxygen atoms in total. The van der Waals surface area contributed by atoms with Crippen molar-refractivity contribution in [2.24, 2.45) is 22.5 Å². The molecule has 1 aliphatic rings. The fraction of sp³-hybridized carbons (Fsp3) is 0.526. The van der Waals surface area contributed by atoms with E-state index in [0.29, 0.717) is 6.42 Å². The van der Waals surface area contributed by atoms with E-state index in [4.69, 9.17) is 10.8 Å². The topological polar surface area (TPSA) is 191 Å². The molecule has 0 bridgehead atoms. The first-order valence-corrected chi connectivity index (χ1v) is 10.2. The molecule has 166 valence electrons. The summed E-state index contributed by atoms with van der Waals surface area (Å²) in [5, 5.41) is 30.0. The van der Waals surface area contributed by atoms with Crippen molar-refractivity contribution in [2.75, 3.05) is 0 Å². The molecule has 1 fully saturated rings. The van der Waals surface area contributed by atoms with Crippen molar-refractivity contribution >= 4 is 35.2 Å². The number of nitro benzene ring substituents is 1. The Morgan fingerprint density at radius 1 is 1.30 bits per heavy atom. The summed E-state index contributed by atoms with van der Waals surface area (Å²) in [6.07, 6.45) is 0.585. The summed E-state index contributed by atoms with van der Waals surface area (Å²) < 4.78 is 0. The SMILES string of the molecule is CC1(C(=O)C(=O)[O-])CCC(C(=O)O)C1(C)C.NC([NH3+])SCc1ccc([N+](=O)[O-])cc1. The highest BCUT2D eigenvalue weighted by Crippen LogP contribution is 2.56. The van der Waals surface area contributed by atoms with Crippen LogP contribution in [0.2, 0.25) is 0 Å². The lowest BCUT2D eigenvalue weighted by atomic mass is 9.63. The number of quaternary nitrogens is 1. The molecular formula is C19H27N3O7S. The van der Waals surface area contributed by atoms with Crippen molar-refractivity contribution in [1.82, 2.24) is 0 Å². The van der Waals surface area contributed by atoms with Crippen molar-refractivity contribution in [1.29, 1.82) is 0 Å². The number of thioether (sulfide) groups is 1. The Morgan fingerprint density at radius 2 is 1.83 bits per heavy atom. The molecule has 2 rings (SSSR count). The Balaban J connectivity index is 0.000000303. The normalized spacial score (nSPS) is 23.0. The zero-order valence-electron chi connectivity index (χ0n) is 17.1. The van der Waals surface area contributed by atoms with Crippen LogP contribution < -0.4 is 16.6 Å². The van der Waals surface area contributed by atoms with Gasteiger partial charge < -0.3 is 20.7 Å². The average molecular weight is 442 g/mol. The van der Waals surface area contributed by atoms with Gasteiger partial charge in [-0.2, -0.15) is 0 Å². The molecule has 0 aromatic heterocycles. The summed E-state index contributed by atoms with van der Waals surface area (Å²) in [4.78, 5) is 43.2. The summed E-state index contributed by atoms with van der Waals surface area (Å²) in [6.45, 7) is 4.76. The summed E-state index contributed by atoms with van der Waals surface area (Å²) in [5.74, 6) is -3.69. The molecule has 11 heteroatoms. The van der Waals surface area contributed by atoms with Crippen LogP contribution >= 0.6 is 11.8 Å². The number of ketones is 1. The lowest BCUT2D eigenvalue weighted by Crippen LogP contribution is -2.64. The van der Waals surface area contributed by atoms with E-state index in [1.54, 1.807) is 26.0 Å². The first kappa shape index (κ1) is 25.5. The van der Waals surface area contributed by atoms with E-state index in [9.17, 15) is 29.6 Å². The Kier molecular flexibility index (Phi) is 8.52. The number of hydrogen-bond acceptors (Lipinski definition) is 8. The van der Waals surface area contributed by atoms with Gasteiger partial charge in [-0.15, -0.1) is 0 Å². The molecule has 0 aliphatic heterocycles. The number of nitrogens with zero attached hydrogens (tertiary/aromatic N) is 1. The zero-order valence-corrected chi connectivity index (χ0v) is 17.9. The Labute approximate surface area is 178 Å². The second kappa shape index (κ2) is 10.0. The monoisotopic (exact) mass is 441 g/mol. The van der Waals surface area contributed by atoms with Gasteiger partial charge in [0.2, 0.25) is 0 Å². The Morgan fingerprint density at radius 3 is 2.20 bits per heavy atom. The number of benzene rings is 1. The first-order valence-electron chi connectivity index (χ1n) is 9.16. The van der Waals surface area contributed by atoms with Crippen LogP contribution in [0, 0.1) is 26.9 Å². The number of carboxylic acids is 2. The standard InChI is InChI=1S/C11H16O5.C8H11N3O2S/c1-10(2)6(8(13)14)4-5-11(10,3)7(12)9(15)16;9-8(10)14-5-6-1-3-7(4-2-6)11(12)13/h6H,4-5H2,1-3H3,(H,13,14)(H,15,16);1-4,8H,5,9-10H2. The van der Waals surface area contributed by atoms with Crippen LogP contribution in [0.25, 0.3) is 0 Å². The lowest BCUT2D eigenvalue weighted by Gasteiger charge is -2.39. The van der Waals surface area contributed by atoms with Gasteiger partial charge in [0, 0.05) is 23.3 Å². The van der Waals surface area contributed by atoms with Gasteiger partial charge in [-0.05, 0) is 23.8 Å². The number of carboxylic acid groups (broad SMARTS) is 2. The molecule has 0 saturated heterocycles. The highest BCUT2D eigenvalue weighted by atomic mass is 32.2. The maximum atomic E-state index is 11.6. The van der Waals surface area contributed by atoms with E-state index in [1.807, 2.05) is 0 Å². The number of carbonyl (C=O) groups is 3. The highest BCUT2D eigenvalue weighted by Gasteiger charge is 2.58. The fourth-order valence-electron chi connectivity index (χ4n) is 3.48. The molecule has 0 amide bonds. The smallest absolute Gasteiger partial charge is 0.307 e. The number of rotatable bonds is 7. The van der Waals surface area contributed by atoms with E-state index in [-0.39, 0.29) is 17.6 Å². The largest absolute Gasteiger partial charge is 0.542 e. The molecule has 1 aromatic carbocycles. The molecule has 3 unspecified atom stereocenters. The molecule has 1 aliphatic carbocycles. The highest BCUT2D eigenvalue weighted by molar-refractivity contribution is 7.98. The fourth-order valence-corrected chi connectivity index (χ4v) is 4.08. The maximum Gasteiger partial charge on any atom is 0.307 e. The predicted molar refractivity (Wildman–Crippen MR) is 108 cm³/mol. The maximum absolute atomic E-state index is 11.6. The number of non-ortho nitro benzene ring substituents is 1. The van der Waals surface area contributed by atoms with Crippen LogP contribution in [0.4, 0.5) is 5.69 Å². The van der Waals surface area contributed by atoms with Gasteiger partial charge in [0.25, 0.3) is 5.69 Å².